The van der Waals surface area contributed by atoms with Crippen molar-refractivity contribution >= 4 is 146 Å². The Hall–Kier alpha value is -14.7. The van der Waals surface area contributed by atoms with E-state index in [-0.39, 0.29) is 0 Å². The van der Waals surface area contributed by atoms with Gasteiger partial charge in [0.05, 0.1) is 5.69 Å². The van der Waals surface area contributed by atoms with Gasteiger partial charge in [0.15, 0.2) is 16.1 Å². The first kappa shape index (κ1) is 68.2. The van der Waals surface area contributed by atoms with Gasteiger partial charge in [-0.1, -0.05) is 364 Å². The molecule has 6 heteroatoms. The van der Waals surface area contributed by atoms with Crippen molar-refractivity contribution in [2.24, 2.45) is 0 Å². The van der Waals surface area contributed by atoms with Gasteiger partial charge in [0.2, 0.25) is 0 Å². The second kappa shape index (κ2) is 28.2. The van der Waals surface area contributed by atoms with Crippen LogP contribution in [0.25, 0.3) is 98.4 Å². The van der Waals surface area contributed by atoms with Crippen molar-refractivity contribution < 1.29 is 9.47 Å². The average molecular weight is 1510 g/mol. The van der Waals surface area contributed by atoms with E-state index >= 15 is 0 Å². The molecular weight excluding hydrogens is 1440 g/mol. The third-order valence-corrected chi connectivity index (χ3v) is 33.9. The molecule has 1 unspecified atom stereocenters. The molecule has 544 valence electrons. The van der Waals surface area contributed by atoms with Gasteiger partial charge in [0.25, 0.3) is 0 Å². The molecule has 116 heavy (non-hydrogen) atoms. The number of hydrogen-bond donors (Lipinski definition) is 0. The molecule has 0 aliphatic carbocycles. The van der Waals surface area contributed by atoms with Crippen LogP contribution in [0.2, 0.25) is 0 Å². The lowest BCUT2D eigenvalue weighted by Gasteiger charge is -2.40. The standard InChI is InChI=1S/C110H74N2O2Si2/c1-4-25-75(26-5-1)76-51-61-85(62-52-76)111(88-67-57-83-73-92(69-59-81(83)71-88)115(90-31-6-2-7-32-90)106-47-17-14-44-103(106)113-104-45-15-18-48-107(104)115)86-63-53-80(54-64-86)96-38-22-40-99-98(96)39-23-41-100(99)101-42-24-50-109-110(101)114-105-46-16-19-49-108(105)116(109,91-33-8-3-9-34-91)93-70-60-82-72-89(68-58-84(82)74-93)112(102-43-21-30-78-28-11-13-36-97(78)102)87-65-55-79(56-66-87)95-37-20-29-77-27-10-12-35-94(77)95/h1-74H. The minimum absolute atomic E-state index is 0.887. The number of para-hydroxylation sites is 4. The van der Waals surface area contributed by atoms with E-state index in [1.807, 2.05) is 0 Å². The Balaban J connectivity index is 0.633. The zero-order valence-electron chi connectivity index (χ0n) is 63.4. The summed E-state index contributed by atoms with van der Waals surface area (Å²) in [5.74, 6) is 3.64. The van der Waals surface area contributed by atoms with Crippen LogP contribution < -0.4 is 60.8 Å². The monoisotopic (exact) mass is 1510 g/mol. The number of nitrogens with zero attached hydrogens (tertiary/aromatic N) is 2. The van der Waals surface area contributed by atoms with Crippen LogP contribution >= 0.6 is 0 Å². The van der Waals surface area contributed by atoms with Crippen LogP contribution in [0, 0.1) is 0 Å². The average Bonchev–Trinajstić information content (AvgIpc) is 0.699. The van der Waals surface area contributed by atoms with E-state index in [9.17, 15) is 0 Å². The molecule has 20 aromatic rings. The van der Waals surface area contributed by atoms with E-state index < -0.39 is 16.1 Å². The van der Waals surface area contributed by atoms with Gasteiger partial charge in [-0.25, -0.2) is 0 Å². The van der Waals surface area contributed by atoms with Gasteiger partial charge in [-0.05, 0) is 214 Å². The number of rotatable bonds is 14. The molecule has 2 heterocycles. The van der Waals surface area contributed by atoms with Crippen molar-refractivity contribution in [2.75, 3.05) is 9.80 Å². The van der Waals surface area contributed by atoms with Crippen LogP contribution in [0.4, 0.5) is 34.1 Å². The zero-order valence-corrected chi connectivity index (χ0v) is 65.4. The summed E-state index contributed by atoms with van der Waals surface area (Å²) in [6.45, 7) is 0. The Morgan fingerprint density at radius 3 is 1.11 bits per heavy atom. The van der Waals surface area contributed by atoms with Gasteiger partial charge < -0.3 is 19.3 Å². The van der Waals surface area contributed by atoms with E-state index in [0.717, 1.165) is 101 Å². The Labute approximate surface area is 676 Å². The fraction of sp³-hybridized carbons (Fsp3) is 0. The predicted octanol–water partition coefficient (Wildman–Crippen LogP) is 24.0. The van der Waals surface area contributed by atoms with Gasteiger partial charge in [0, 0.05) is 39.4 Å². The largest absolute Gasteiger partial charge is 0.458 e. The molecule has 20 aromatic carbocycles. The smallest absolute Gasteiger partial charge is 0.188 e. The molecule has 0 saturated heterocycles. The van der Waals surface area contributed by atoms with E-state index in [4.69, 9.17) is 9.47 Å². The Bertz CT molecular complexity index is 7160. The van der Waals surface area contributed by atoms with Crippen molar-refractivity contribution in [3.05, 3.63) is 449 Å². The summed E-state index contributed by atoms with van der Waals surface area (Å²) >= 11 is 0. The van der Waals surface area contributed by atoms with Crippen LogP contribution in [0.15, 0.2) is 449 Å². The van der Waals surface area contributed by atoms with Crippen molar-refractivity contribution in [3.8, 4) is 67.5 Å². The minimum Gasteiger partial charge on any atom is -0.458 e. The normalized spacial score (nSPS) is 13.8. The van der Waals surface area contributed by atoms with Crippen molar-refractivity contribution in [1.29, 1.82) is 0 Å². The molecule has 1 atom stereocenters. The highest BCUT2D eigenvalue weighted by Gasteiger charge is 2.50. The second-order valence-electron chi connectivity index (χ2n) is 30.5. The summed E-state index contributed by atoms with van der Waals surface area (Å²) in [7, 11) is -6.06. The number of anilines is 6. The summed E-state index contributed by atoms with van der Waals surface area (Å²) in [4.78, 5) is 4.83. The maximum atomic E-state index is 7.48. The lowest BCUT2D eigenvalue weighted by atomic mass is 9.92. The first-order valence-electron chi connectivity index (χ1n) is 39.9. The minimum atomic E-state index is -3.19. The Kier molecular flexibility index (Phi) is 16.6. The van der Waals surface area contributed by atoms with Gasteiger partial charge in [-0.2, -0.15) is 0 Å². The highest BCUT2D eigenvalue weighted by atomic mass is 28.3. The lowest BCUT2D eigenvalue weighted by Crippen LogP contribution is -2.76. The Morgan fingerprint density at radius 1 is 0.181 bits per heavy atom. The molecule has 2 aliphatic rings. The van der Waals surface area contributed by atoms with Crippen LogP contribution in [-0.2, 0) is 0 Å². The molecule has 4 nitrogen and oxygen atoms in total. The quantitative estimate of drug-likeness (QED) is 0.101. The van der Waals surface area contributed by atoms with Gasteiger partial charge in [-0.15, -0.1) is 0 Å². The van der Waals surface area contributed by atoms with Gasteiger partial charge >= 0.3 is 0 Å². The molecule has 0 N–H and O–H groups in total. The molecule has 0 amide bonds. The molecule has 2 aliphatic heterocycles. The lowest BCUT2D eigenvalue weighted by molar-refractivity contribution is 0.487. The predicted molar refractivity (Wildman–Crippen MR) is 492 cm³/mol. The summed E-state index contributed by atoms with van der Waals surface area (Å²) in [6, 6.07) is 166. The van der Waals surface area contributed by atoms with Gasteiger partial charge in [-0.3, -0.25) is 0 Å². The molecule has 0 spiro atoms. The number of benzene rings is 20. The number of hydrogen-bond acceptors (Lipinski definition) is 4. The summed E-state index contributed by atoms with van der Waals surface area (Å²) in [6.07, 6.45) is 0. The second-order valence-corrected chi connectivity index (χ2v) is 38.0. The number of fused-ring (bicyclic) bond motifs is 9. The van der Waals surface area contributed by atoms with Crippen molar-refractivity contribution in [3.63, 3.8) is 0 Å². The molecule has 0 saturated carbocycles. The Morgan fingerprint density at radius 2 is 0.534 bits per heavy atom. The highest BCUT2D eigenvalue weighted by Crippen LogP contribution is 2.46. The summed E-state index contributed by atoms with van der Waals surface area (Å²) in [5.41, 5.74) is 15.7. The maximum absolute atomic E-state index is 7.48. The van der Waals surface area contributed by atoms with E-state index in [1.165, 1.54) is 96.1 Å². The fourth-order valence-corrected chi connectivity index (χ4v) is 29.0. The van der Waals surface area contributed by atoms with Crippen molar-refractivity contribution in [2.45, 2.75) is 0 Å². The molecular formula is C110H74N2O2Si2. The van der Waals surface area contributed by atoms with E-state index in [1.54, 1.807) is 0 Å². The topological polar surface area (TPSA) is 24.9 Å². The SMILES string of the molecule is c1ccc(-c2ccc(N(c3ccc(-c4cccc5c(-c6cccc7c6Oc6ccccc6[Si]7(c6ccccc6)c6ccc7cc(N(c8ccc(-c9cccc%10ccccc9%10)cc8)c8cccc9ccccc89)ccc7c6)cccc45)cc3)c3ccc4cc([Si]5(c6ccccc6)c6ccccc6Oc6ccccc65)ccc4c3)cc2)cc1. The number of ether oxygens (including phenoxy) is 2. The van der Waals surface area contributed by atoms with Crippen LogP contribution in [-0.4, -0.2) is 16.1 Å². The van der Waals surface area contributed by atoms with Gasteiger partial charge in [0.1, 0.15) is 23.0 Å². The molecule has 0 fully saturated rings. The molecule has 22 rings (SSSR count). The summed E-state index contributed by atoms with van der Waals surface area (Å²) in [5, 5.41) is 22.0. The third-order valence-electron chi connectivity index (χ3n) is 24.3. The van der Waals surface area contributed by atoms with Crippen LogP contribution in [0.1, 0.15) is 0 Å². The fourth-order valence-electron chi connectivity index (χ4n) is 19.0. The maximum Gasteiger partial charge on any atom is 0.188 e. The van der Waals surface area contributed by atoms with Crippen LogP contribution in [0.5, 0.6) is 23.0 Å². The van der Waals surface area contributed by atoms with E-state index in [0.29, 0.717) is 0 Å². The molecule has 0 bridgehead atoms. The first-order valence-corrected chi connectivity index (χ1v) is 43.9. The van der Waals surface area contributed by atoms with E-state index in [2.05, 4.69) is 459 Å². The molecule has 0 aromatic heterocycles. The first-order chi connectivity index (χ1) is 57.5. The summed E-state index contributed by atoms with van der Waals surface area (Å²) < 4.78 is 14.2. The zero-order chi connectivity index (χ0) is 76.7. The highest BCUT2D eigenvalue weighted by molar-refractivity contribution is 7.21. The third kappa shape index (κ3) is 11.2. The van der Waals surface area contributed by atoms with Crippen molar-refractivity contribution in [1.82, 2.24) is 0 Å². The van der Waals surface area contributed by atoms with Crippen LogP contribution in [0.3, 0.4) is 0 Å². The molecule has 0 radical (unpaired) electrons.